The molecular formula is C8H4ClNO2S. The average Bonchev–Trinajstić information content (AvgIpc) is 2.51. The number of rotatable bonds is 1. The Hall–Kier alpha value is -1.13. The second kappa shape index (κ2) is 3.32. The molecule has 0 aliphatic carbocycles. The van der Waals surface area contributed by atoms with Crippen LogP contribution in [0.15, 0.2) is 33.6 Å². The lowest BCUT2D eigenvalue weighted by Gasteiger charge is -1.89. The van der Waals surface area contributed by atoms with Crippen LogP contribution in [0.4, 0.5) is 0 Å². The fraction of sp³-hybridized carbons (Fsp3) is 0. The Labute approximate surface area is 82.7 Å². The molecule has 1 aromatic carbocycles. The Bertz CT molecular complexity index is 477. The molecule has 66 valence electrons. The van der Waals surface area contributed by atoms with Gasteiger partial charge in [-0.15, -0.1) is 0 Å². The first-order valence-electron chi connectivity index (χ1n) is 3.49. The predicted molar refractivity (Wildman–Crippen MR) is 51.0 cm³/mol. The predicted octanol–water partition coefficient (Wildman–Crippen LogP) is 2.26. The second-order valence-electron chi connectivity index (χ2n) is 2.38. The molecule has 0 radical (unpaired) electrons. The molecule has 1 aromatic heterocycles. The van der Waals surface area contributed by atoms with Crippen LogP contribution >= 0.6 is 23.1 Å². The third-order valence-corrected chi connectivity index (χ3v) is 2.49. The topological polar surface area (TPSA) is 44.3 Å². The maximum Gasteiger partial charge on any atom is 0.389 e. The molecule has 0 aliphatic rings. The third kappa shape index (κ3) is 1.64. The van der Waals surface area contributed by atoms with Gasteiger partial charge in [-0.05, 0) is 18.2 Å². The van der Waals surface area contributed by atoms with E-state index in [2.05, 4.69) is 9.07 Å². The lowest BCUT2D eigenvalue weighted by Crippen LogP contribution is -1.94. The Morgan fingerprint density at radius 1 is 1.46 bits per heavy atom. The number of aromatic nitrogens is 1. The minimum atomic E-state index is -0.424. The fourth-order valence-corrected chi connectivity index (χ4v) is 1.68. The lowest BCUT2D eigenvalue weighted by atomic mass is 10.2. The smallest absolute Gasteiger partial charge is 0.389 e. The van der Waals surface area contributed by atoms with Crippen LogP contribution in [-0.4, -0.2) is 0 Å². The van der Waals surface area contributed by atoms with Gasteiger partial charge in [-0.1, -0.05) is 17.7 Å². The monoisotopic (exact) mass is 213 g/mol. The summed E-state index contributed by atoms with van der Waals surface area (Å²) in [6, 6.07) is 7.01. The number of nitrogens with zero attached hydrogens (tertiary/aromatic N) is 1. The summed E-state index contributed by atoms with van der Waals surface area (Å²) in [5, 5.41) is 0.588. The minimum absolute atomic E-state index is 0.424. The van der Waals surface area contributed by atoms with Crippen molar-refractivity contribution in [3.05, 3.63) is 39.7 Å². The number of hydrogen-bond donors (Lipinski definition) is 0. The molecule has 0 atom stereocenters. The molecule has 0 N–H and O–H groups in total. The number of benzene rings is 1. The Balaban J connectivity index is 2.59. The van der Waals surface area contributed by atoms with E-state index in [1.807, 2.05) is 0 Å². The summed E-state index contributed by atoms with van der Waals surface area (Å²) >= 11 is 6.79. The Morgan fingerprint density at radius 3 is 2.92 bits per heavy atom. The van der Waals surface area contributed by atoms with Gasteiger partial charge in [-0.2, -0.15) is 0 Å². The lowest BCUT2D eigenvalue weighted by molar-refractivity contribution is 0.396. The summed E-state index contributed by atoms with van der Waals surface area (Å²) in [6.45, 7) is 0. The summed E-state index contributed by atoms with van der Waals surface area (Å²) in [5.41, 5.74) is 0.316. The van der Waals surface area contributed by atoms with Crippen LogP contribution in [0, 0.1) is 0 Å². The highest BCUT2D eigenvalue weighted by molar-refractivity contribution is 7.08. The van der Waals surface area contributed by atoms with Gasteiger partial charge in [0.25, 0.3) is 0 Å². The van der Waals surface area contributed by atoms with E-state index in [-0.39, 0.29) is 0 Å². The Kier molecular flexibility index (Phi) is 2.16. The molecule has 0 bridgehead atoms. The molecule has 3 nitrogen and oxygen atoms in total. The fourth-order valence-electron chi connectivity index (χ4n) is 0.969. The van der Waals surface area contributed by atoms with Crippen molar-refractivity contribution in [1.82, 2.24) is 4.55 Å². The highest BCUT2D eigenvalue weighted by Gasteiger charge is 2.13. The van der Waals surface area contributed by atoms with Gasteiger partial charge in [0.15, 0.2) is 11.5 Å². The van der Waals surface area contributed by atoms with Gasteiger partial charge < -0.3 is 4.52 Å². The molecule has 0 aliphatic heterocycles. The molecule has 0 spiro atoms. The molecule has 0 saturated carbocycles. The first kappa shape index (κ1) is 8.47. The van der Waals surface area contributed by atoms with Crippen LogP contribution in [0.1, 0.15) is 0 Å². The zero-order chi connectivity index (χ0) is 9.26. The molecule has 2 rings (SSSR count). The molecule has 0 fully saturated rings. The maximum atomic E-state index is 11.1. The van der Waals surface area contributed by atoms with E-state index in [1.54, 1.807) is 24.3 Å². The van der Waals surface area contributed by atoms with E-state index in [4.69, 9.17) is 11.6 Å². The van der Waals surface area contributed by atoms with Crippen LogP contribution in [0.25, 0.3) is 10.4 Å². The first-order chi connectivity index (χ1) is 6.27. The van der Waals surface area contributed by atoms with Gasteiger partial charge in [0.1, 0.15) is 0 Å². The largest absolute Gasteiger partial charge is 0.476 e. The van der Waals surface area contributed by atoms with Gasteiger partial charge in [-0.3, -0.25) is 0 Å². The molecule has 1 heterocycles. The van der Waals surface area contributed by atoms with E-state index in [0.29, 0.717) is 9.90 Å². The molecular weight excluding hydrogens is 210 g/mol. The van der Waals surface area contributed by atoms with Crippen molar-refractivity contribution < 1.29 is 4.52 Å². The molecule has 13 heavy (non-hydrogen) atoms. The van der Waals surface area contributed by atoms with Crippen molar-refractivity contribution in [3.8, 4) is 10.4 Å². The third-order valence-electron chi connectivity index (χ3n) is 1.52. The normalized spacial score (nSPS) is 10.2. The summed E-state index contributed by atoms with van der Waals surface area (Å²) in [6.07, 6.45) is 0. The standard InChI is InChI=1S/C8H4ClNO2S/c9-6-3-1-2-5(4-6)7-8(11)12-10-13-7/h1-4H. The van der Waals surface area contributed by atoms with Crippen LogP contribution in [-0.2, 0) is 0 Å². The van der Waals surface area contributed by atoms with Gasteiger partial charge in [0, 0.05) is 10.6 Å². The van der Waals surface area contributed by atoms with Crippen molar-refractivity contribution in [2.24, 2.45) is 0 Å². The average molecular weight is 214 g/mol. The summed E-state index contributed by atoms with van der Waals surface area (Å²) in [7, 11) is 0. The van der Waals surface area contributed by atoms with E-state index in [9.17, 15) is 4.79 Å². The highest BCUT2D eigenvalue weighted by Crippen LogP contribution is 2.21. The van der Waals surface area contributed by atoms with Crippen LogP contribution in [0.3, 0.4) is 0 Å². The maximum absolute atomic E-state index is 11.1. The van der Waals surface area contributed by atoms with Gasteiger partial charge in [0.2, 0.25) is 0 Å². The molecule has 2 aromatic rings. The minimum Gasteiger partial charge on any atom is -0.476 e. The number of halogens is 1. The van der Waals surface area contributed by atoms with E-state index in [0.717, 1.165) is 17.1 Å². The summed E-state index contributed by atoms with van der Waals surface area (Å²) in [4.78, 5) is 11.5. The second-order valence-corrected chi connectivity index (χ2v) is 3.56. The molecule has 5 heteroatoms. The highest BCUT2D eigenvalue weighted by atomic mass is 35.5. The van der Waals surface area contributed by atoms with Gasteiger partial charge >= 0.3 is 10.5 Å². The van der Waals surface area contributed by atoms with Crippen LogP contribution in [0.2, 0.25) is 5.02 Å². The summed E-state index contributed by atoms with van der Waals surface area (Å²) < 4.78 is 7.87. The SMILES string of the molecule is O=c1o[n-][s+]c1-c1cccc(Cl)c1. The number of hydrogen-bond acceptors (Lipinski definition) is 2. The van der Waals surface area contributed by atoms with Crippen molar-refractivity contribution in [2.45, 2.75) is 0 Å². The van der Waals surface area contributed by atoms with Crippen LogP contribution in [0.5, 0.6) is 0 Å². The zero-order valence-electron chi connectivity index (χ0n) is 6.36. The van der Waals surface area contributed by atoms with Crippen molar-refractivity contribution in [1.29, 1.82) is 0 Å². The van der Waals surface area contributed by atoms with E-state index >= 15 is 0 Å². The van der Waals surface area contributed by atoms with Gasteiger partial charge in [0.05, 0.1) is 0 Å². The van der Waals surface area contributed by atoms with E-state index < -0.39 is 5.63 Å². The van der Waals surface area contributed by atoms with Crippen molar-refractivity contribution in [2.75, 3.05) is 0 Å². The Morgan fingerprint density at radius 2 is 2.31 bits per heavy atom. The van der Waals surface area contributed by atoms with Crippen molar-refractivity contribution in [3.63, 3.8) is 0 Å². The first-order valence-corrected chi connectivity index (χ1v) is 4.64. The zero-order valence-corrected chi connectivity index (χ0v) is 7.93. The quantitative estimate of drug-likeness (QED) is 0.683. The van der Waals surface area contributed by atoms with Crippen molar-refractivity contribution >= 4 is 23.1 Å². The molecule has 0 amide bonds. The van der Waals surface area contributed by atoms with E-state index in [1.165, 1.54) is 0 Å². The van der Waals surface area contributed by atoms with Crippen LogP contribution < -0.4 is 10.2 Å². The molecule has 0 saturated heterocycles. The van der Waals surface area contributed by atoms with Gasteiger partial charge in [-0.25, -0.2) is 9.34 Å². The summed E-state index contributed by atoms with van der Waals surface area (Å²) in [5.74, 6) is 0. The molecule has 0 unspecified atom stereocenters.